The van der Waals surface area contributed by atoms with Crippen LogP contribution in [0.5, 0.6) is 0 Å². The lowest BCUT2D eigenvalue weighted by atomic mass is 9.98. The fraction of sp³-hybridized carbons (Fsp3) is 0.143. The lowest BCUT2D eigenvalue weighted by Gasteiger charge is -2.13. The van der Waals surface area contributed by atoms with Gasteiger partial charge in [-0.25, -0.2) is 0 Å². The number of benzene rings is 2. The summed E-state index contributed by atoms with van der Waals surface area (Å²) in [6.07, 6.45) is -4.32. The molecule has 0 aliphatic rings. The number of hydrogen-bond donors (Lipinski definition) is 1. The molecular weight excluding hydrogens is 239 g/mol. The number of hydrogen-bond acceptors (Lipinski definition) is 1. The van der Waals surface area contributed by atoms with E-state index in [0.717, 1.165) is 17.7 Å². The lowest BCUT2D eigenvalue weighted by Crippen LogP contribution is -2.12. The maximum Gasteiger partial charge on any atom is 0.416 e. The summed E-state index contributed by atoms with van der Waals surface area (Å²) in [7, 11) is 0. The molecule has 0 amide bonds. The highest BCUT2D eigenvalue weighted by atomic mass is 19.4. The van der Waals surface area contributed by atoms with Gasteiger partial charge in [0, 0.05) is 0 Å². The molecular formula is C14H11F3N. The minimum absolute atomic E-state index is 0.429. The van der Waals surface area contributed by atoms with Crippen molar-refractivity contribution in [1.29, 1.82) is 0 Å². The molecule has 18 heavy (non-hydrogen) atoms. The summed E-state index contributed by atoms with van der Waals surface area (Å²) in [6, 6.07) is 14.4. The van der Waals surface area contributed by atoms with Crippen LogP contribution in [0.25, 0.3) is 0 Å². The fourth-order valence-electron chi connectivity index (χ4n) is 1.68. The molecule has 0 bridgehead atoms. The van der Waals surface area contributed by atoms with E-state index < -0.39 is 17.8 Å². The molecule has 0 fully saturated rings. The first kappa shape index (κ1) is 12.6. The van der Waals surface area contributed by atoms with E-state index in [-0.39, 0.29) is 0 Å². The molecule has 2 aromatic carbocycles. The SMILES string of the molecule is NC(c1cc[c]cc1)c1ccc(C(F)(F)F)cc1. The third kappa shape index (κ3) is 2.71. The maximum absolute atomic E-state index is 12.4. The molecule has 0 heterocycles. The van der Waals surface area contributed by atoms with Gasteiger partial charge in [-0.3, -0.25) is 0 Å². The molecule has 0 saturated heterocycles. The highest BCUT2D eigenvalue weighted by Gasteiger charge is 2.30. The molecule has 2 rings (SSSR count). The first-order valence-electron chi connectivity index (χ1n) is 5.37. The zero-order valence-electron chi connectivity index (χ0n) is 9.41. The zero-order valence-corrected chi connectivity index (χ0v) is 9.41. The highest BCUT2D eigenvalue weighted by molar-refractivity contribution is 5.33. The van der Waals surface area contributed by atoms with Gasteiger partial charge in [-0.15, -0.1) is 0 Å². The Morgan fingerprint density at radius 3 is 1.89 bits per heavy atom. The summed E-state index contributed by atoms with van der Waals surface area (Å²) >= 11 is 0. The standard InChI is InChI=1S/C14H11F3N/c15-14(16,17)12-8-6-11(7-9-12)13(18)10-4-2-1-3-5-10/h2-9,13H,18H2. The molecule has 1 radical (unpaired) electrons. The van der Waals surface area contributed by atoms with Crippen LogP contribution in [0.3, 0.4) is 0 Å². The molecule has 2 aromatic rings. The normalized spacial score (nSPS) is 13.3. The van der Waals surface area contributed by atoms with Gasteiger partial charge < -0.3 is 5.73 Å². The predicted octanol–water partition coefficient (Wildman–Crippen LogP) is 3.55. The molecule has 4 heteroatoms. The molecule has 0 aromatic heterocycles. The fourth-order valence-corrected chi connectivity index (χ4v) is 1.68. The molecule has 0 spiro atoms. The van der Waals surface area contributed by atoms with Crippen LogP contribution in [-0.2, 0) is 6.18 Å². The summed E-state index contributed by atoms with van der Waals surface area (Å²) < 4.78 is 37.2. The van der Waals surface area contributed by atoms with Crippen LogP contribution in [0.4, 0.5) is 13.2 Å². The minimum atomic E-state index is -4.32. The summed E-state index contributed by atoms with van der Waals surface area (Å²) in [5.74, 6) is 0. The van der Waals surface area contributed by atoms with Crippen molar-refractivity contribution < 1.29 is 13.2 Å². The van der Waals surface area contributed by atoms with Gasteiger partial charge in [0.2, 0.25) is 0 Å². The van der Waals surface area contributed by atoms with Gasteiger partial charge in [-0.2, -0.15) is 13.2 Å². The Kier molecular flexibility index (Phi) is 3.39. The third-order valence-corrected chi connectivity index (χ3v) is 2.70. The largest absolute Gasteiger partial charge is 0.416 e. The number of nitrogens with two attached hydrogens (primary N) is 1. The Bertz CT molecular complexity index is 503. The van der Waals surface area contributed by atoms with E-state index in [2.05, 4.69) is 6.07 Å². The van der Waals surface area contributed by atoms with Crippen molar-refractivity contribution in [3.63, 3.8) is 0 Å². The van der Waals surface area contributed by atoms with Gasteiger partial charge in [0.1, 0.15) is 0 Å². The zero-order chi connectivity index (χ0) is 13.2. The highest BCUT2D eigenvalue weighted by Crippen LogP contribution is 2.30. The molecule has 0 aliphatic heterocycles. The van der Waals surface area contributed by atoms with E-state index in [4.69, 9.17) is 5.73 Å². The van der Waals surface area contributed by atoms with Gasteiger partial charge in [0.25, 0.3) is 0 Å². The van der Waals surface area contributed by atoms with Gasteiger partial charge in [-0.05, 0) is 29.3 Å². The van der Waals surface area contributed by atoms with Crippen LogP contribution in [0.2, 0.25) is 0 Å². The topological polar surface area (TPSA) is 26.0 Å². The second-order valence-electron chi connectivity index (χ2n) is 3.93. The number of halogens is 3. The van der Waals surface area contributed by atoms with Crippen molar-refractivity contribution in [3.8, 4) is 0 Å². The van der Waals surface area contributed by atoms with Crippen molar-refractivity contribution in [2.24, 2.45) is 5.73 Å². The minimum Gasteiger partial charge on any atom is -0.320 e. The van der Waals surface area contributed by atoms with Crippen LogP contribution >= 0.6 is 0 Å². The monoisotopic (exact) mass is 250 g/mol. The van der Waals surface area contributed by atoms with Crippen molar-refractivity contribution in [2.45, 2.75) is 12.2 Å². The van der Waals surface area contributed by atoms with Crippen molar-refractivity contribution in [1.82, 2.24) is 0 Å². The lowest BCUT2D eigenvalue weighted by molar-refractivity contribution is -0.137. The van der Waals surface area contributed by atoms with Crippen LogP contribution in [0, 0.1) is 6.07 Å². The first-order valence-corrected chi connectivity index (χ1v) is 5.37. The van der Waals surface area contributed by atoms with Gasteiger partial charge in [0.15, 0.2) is 0 Å². The maximum atomic E-state index is 12.4. The Labute approximate surface area is 103 Å². The van der Waals surface area contributed by atoms with E-state index in [1.807, 2.05) is 0 Å². The first-order chi connectivity index (χ1) is 8.48. The summed E-state index contributed by atoms with van der Waals surface area (Å²) in [5, 5.41) is 0. The Morgan fingerprint density at radius 2 is 1.39 bits per heavy atom. The quantitative estimate of drug-likeness (QED) is 0.866. The second kappa shape index (κ2) is 4.82. The summed E-state index contributed by atoms with van der Waals surface area (Å²) in [5.41, 5.74) is 6.80. The van der Waals surface area contributed by atoms with E-state index in [1.165, 1.54) is 12.1 Å². The molecule has 1 unspecified atom stereocenters. The molecule has 0 aliphatic carbocycles. The van der Waals surface area contributed by atoms with Crippen LogP contribution in [-0.4, -0.2) is 0 Å². The number of rotatable bonds is 2. The molecule has 2 N–H and O–H groups in total. The van der Waals surface area contributed by atoms with Crippen LogP contribution < -0.4 is 5.73 Å². The van der Waals surface area contributed by atoms with Gasteiger partial charge >= 0.3 is 6.18 Å². The van der Waals surface area contributed by atoms with E-state index >= 15 is 0 Å². The van der Waals surface area contributed by atoms with Crippen molar-refractivity contribution >= 4 is 0 Å². The van der Waals surface area contributed by atoms with Crippen molar-refractivity contribution in [3.05, 3.63) is 71.3 Å². The predicted molar refractivity (Wildman–Crippen MR) is 62.8 cm³/mol. The average Bonchev–Trinajstić information content (AvgIpc) is 2.38. The van der Waals surface area contributed by atoms with E-state index in [1.54, 1.807) is 24.3 Å². The van der Waals surface area contributed by atoms with Crippen molar-refractivity contribution in [2.75, 3.05) is 0 Å². The smallest absolute Gasteiger partial charge is 0.320 e. The van der Waals surface area contributed by atoms with E-state index in [9.17, 15) is 13.2 Å². The molecule has 1 nitrogen and oxygen atoms in total. The van der Waals surface area contributed by atoms with E-state index in [0.29, 0.717) is 5.56 Å². The molecule has 0 saturated carbocycles. The van der Waals surface area contributed by atoms with Crippen LogP contribution in [0.1, 0.15) is 22.7 Å². The number of alkyl halides is 3. The van der Waals surface area contributed by atoms with Gasteiger partial charge in [-0.1, -0.05) is 36.4 Å². The molecule has 93 valence electrons. The third-order valence-electron chi connectivity index (χ3n) is 2.70. The van der Waals surface area contributed by atoms with Crippen LogP contribution in [0.15, 0.2) is 48.5 Å². The Morgan fingerprint density at radius 1 is 0.889 bits per heavy atom. The average molecular weight is 250 g/mol. The molecule has 1 atom stereocenters. The Hall–Kier alpha value is -1.81. The summed E-state index contributed by atoms with van der Waals surface area (Å²) in [6.45, 7) is 0. The summed E-state index contributed by atoms with van der Waals surface area (Å²) in [4.78, 5) is 0. The second-order valence-corrected chi connectivity index (χ2v) is 3.93. The Balaban J connectivity index is 2.25. The van der Waals surface area contributed by atoms with Gasteiger partial charge in [0.05, 0.1) is 11.6 Å².